The van der Waals surface area contributed by atoms with Gasteiger partial charge in [0.15, 0.2) is 21.3 Å². The maximum atomic E-state index is 12.5. The van der Waals surface area contributed by atoms with Crippen LogP contribution in [0.2, 0.25) is 0 Å². The zero-order chi connectivity index (χ0) is 16.3. The molecule has 0 bridgehead atoms. The summed E-state index contributed by atoms with van der Waals surface area (Å²) in [6.45, 7) is 2.55. The van der Waals surface area contributed by atoms with E-state index < -0.39 is 43.8 Å². The normalized spacial score (nSPS) is 30.8. The molecule has 0 aromatic heterocycles. The summed E-state index contributed by atoms with van der Waals surface area (Å²) in [6, 6.07) is -1.45. The van der Waals surface area contributed by atoms with Gasteiger partial charge in [-0.1, -0.05) is 0 Å². The van der Waals surface area contributed by atoms with Crippen molar-refractivity contribution in [1.82, 2.24) is 9.80 Å². The lowest BCUT2D eigenvalue weighted by Gasteiger charge is -2.37. The van der Waals surface area contributed by atoms with Gasteiger partial charge in [-0.15, -0.1) is 0 Å². The number of hydrogen-bond donors (Lipinski definition) is 1. The summed E-state index contributed by atoms with van der Waals surface area (Å²) in [7, 11) is -0.997. The van der Waals surface area contributed by atoms with Crippen molar-refractivity contribution in [3.05, 3.63) is 11.6 Å². The summed E-state index contributed by atoms with van der Waals surface area (Å²) in [5, 5.41) is 7.87. The third-order valence-electron chi connectivity index (χ3n) is 3.92. The Morgan fingerprint density at radius 3 is 2.29 bits per heavy atom. The molecule has 2 fully saturated rings. The molecule has 8 nitrogen and oxygen atoms in total. The highest BCUT2D eigenvalue weighted by molar-refractivity contribution is 7.94. The van der Waals surface area contributed by atoms with Gasteiger partial charge in [-0.25, -0.2) is 13.2 Å². The van der Waals surface area contributed by atoms with E-state index in [1.54, 1.807) is 0 Å². The minimum Gasteiger partial charge on any atom is -0.480 e. The second kappa shape index (κ2) is 4.30. The van der Waals surface area contributed by atoms with Gasteiger partial charge in [-0.3, -0.25) is 9.59 Å². The van der Waals surface area contributed by atoms with Gasteiger partial charge < -0.3 is 14.9 Å². The molecule has 9 heteroatoms. The fourth-order valence-electron chi connectivity index (χ4n) is 2.60. The number of carbonyl (C=O) groups is 3. The Morgan fingerprint density at radius 1 is 1.33 bits per heavy atom. The molecule has 2 saturated heterocycles. The van der Waals surface area contributed by atoms with Gasteiger partial charge >= 0.3 is 5.97 Å². The highest BCUT2D eigenvalue weighted by Crippen LogP contribution is 2.48. The van der Waals surface area contributed by atoms with Crippen molar-refractivity contribution in [1.29, 1.82) is 0 Å². The van der Waals surface area contributed by atoms with Crippen LogP contribution in [0.1, 0.15) is 13.8 Å². The summed E-state index contributed by atoms with van der Waals surface area (Å²) in [6.07, 6.45) is 0.960. The Kier molecular flexibility index (Phi) is 3.17. The Balaban J connectivity index is 2.54. The standard InChI is InChI=1S/C12H16N2O6S/c1-12(2)8(11(17)18)14-9(16)6(5-7(15)13(3)4)10(14)21(12,19)20/h5,8,10H,1-4H3,(H,17,18)/t8-,10+/m0/s1. The molecule has 0 spiro atoms. The number of hydrogen-bond acceptors (Lipinski definition) is 5. The first-order valence-corrected chi connectivity index (χ1v) is 7.71. The third kappa shape index (κ3) is 1.80. The number of carbonyl (C=O) groups excluding carboxylic acids is 2. The lowest BCUT2D eigenvalue weighted by molar-refractivity contribution is -0.152. The summed E-state index contributed by atoms with van der Waals surface area (Å²) in [5.74, 6) is -2.63. The van der Waals surface area contributed by atoms with Crippen LogP contribution >= 0.6 is 0 Å². The van der Waals surface area contributed by atoms with Gasteiger partial charge in [0.1, 0.15) is 4.75 Å². The van der Waals surface area contributed by atoms with Gasteiger partial charge in [0.2, 0.25) is 5.91 Å². The van der Waals surface area contributed by atoms with Gasteiger partial charge in [-0.2, -0.15) is 0 Å². The zero-order valence-electron chi connectivity index (χ0n) is 12.0. The van der Waals surface area contributed by atoms with Gasteiger partial charge in [-0.05, 0) is 13.8 Å². The molecule has 21 heavy (non-hydrogen) atoms. The highest BCUT2D eigenvalue weighted by Gasteiger charge is 2.70. The Labute approximate surface area is 121 Å². The van der Waals surface area contributed by atoms with Crippen LogP contribution in [0.25, 0.3) is 0 Å². The number of nitrogens with zero attached hydrogens (tertiary/aromatic N) is 2. The average molecular weight is 316 g/mol. The van der Waals surface area contributed by atoms with E-state index >= 15 is 0 Å². The predicted molar refractivity (Wildman–Crippen MR) is 71.8 cm³/mol. The molecule has 0 aliphatic carbocycles. The first-order valence-electron chi connectivity index (χ1n) is 6.16. The number of β-lactam (4-membered cyclic amide) rings is 1. The summed E-state index contributed by atoms with van der Waals surface area (Å²) in [4.78, 5) is 37.0. The predicted octanol–water partition coefficient (Wildman–Crippen LogP) is -1.17. The molecule has 2 aliphatic heterocycles. The minimum atomic E-state index is -3.93. The molecule has 0 aromatic rings. The van der Waals surface area contributed by atoms with Crippen LogP contribution in [-0.2, 0) is 24.2 Å². The highest BCUT2D eigenvalue weighted by atomic mass is 32.2. The summed E-state index contributed by atoms with van der Waals surface area (Å²) in [5.41, 5.74) is -0.175. The van der Waals surface area contributed by atoms with E-state index in [-0.39, 0.29) is 5.57 Å². The topological polar surface area (TPSA) is 112 Å². The third-order valence-corrected chi connectivity index (χ3v) is 6.68. The maximum absolute atomic E-state index is 12.5. The first kappa shape index (κ1) is 15.5. The molecule has 1 N–H and O–H groups in total. The molecule has 2 heterocycles. The van der Waals surface area contributed by atoms with E-state index in [0.717, 1.165) is 11.0 Å². The molecule has 0 saturated carbocycles. The van der Waals surface area contributed by atoms with Crippen molar-refractivity contribution < 1.29 is 27.9 Å². The quantitative estimate of drug-likeness (QED) is 0.507. The molecule has 116 valence electrons. The molecule has 2 atom stereocenters. The minimum absolute atomic E-state index is 0.175. The van der Waals surface area contributed by atoms with Crippen LogP contribution in [0.15, 0.2) is 11.6 Å². The van der Waals surface area contributed by atoms with Crippen molar-refractivity contribution in [3.8, 4) is 0 Å². The SMILES string of the molecule is CN(C)C(=O)C=C1C(=O)N2[C@@H](C(=O)O)C(C)(C)S(=O)(=O)[C@H]12. The fraction of sp³-hybridized carbons (Fsp3) is 0.583. The lowest BCUT2D eigenvalue weighted by Crippen LogP contribution is -2.59. The van der Waals surface area contributed by atoms with Crippen molar-refractivity contribution >= 4 is 27.6 Å². The smallest absolute Gasteiger partial charge is 0.328 e. The molecular formula is C12H16N2O6S. The molecule has 0 radical (unpaired) electrons. The van der Waals surface area contributed by atoms with Crippen LogP contribution in [-0.4, -0.2) is 71.4 Å². The lowest BCUT2D eigenvalue weighted by atomic mass is 9.95. The van der Waals surface area contributed by atoms with E-state index in [2.05, 4.69) is 0 Å². The van der Waals surface area contributed by atoms with Crippen LogP contribution in [0.3, 0.4) is 0 Å². The van der Waals surface area contributed by atoms with Crippen molar-refractivity contribution in [2.24, 2.45) is 0 Å². The molecule has 2 rings (SSSR count). The first-order chi connectivity index (χ1) is 9.44. The molecule has 2 amide bonds. The summed E-state index contributed by atoms with van der Waals surface area (Å²) < 4.78 is 23.3. The van der Waals surface area contributed by atoms with Crippen LogP contribution in [0, 0.1) is 0 Å². The number of carboxylic acid groups (broad SMARTS) is 1. The summed E-state index contributed by atoms with van der Waals surface area (Å²) >= 11 is 0. The second-order valence-corrected chi connectivity index (χ2v) is 8.38. The maximum Gasteiger partial charge on any atom is 0.328 e. The number of likely N-dealkylation sites (N-methyl/N-ethyl adjacent to an activating group) is 1. The average Bonchev–Trinajstić information content (AvgIpc) is 2.48. The largest absolute Gasteiger partial charge is 0.480 e. The second-order valence-electron chi connectivity index (χ2n) is 5.79. The monoisotopic (exact) mass is 316 g/mol. The number of aliphatic carboxylic acids is 1. The van der Waals surface area contributed by atoms with Crippen molar-refractivity contribution in [3.63, 3.8) is 0 Å². The van der Waals surface area contributed by atoms with Crippen LogP contribution in [0.4, 0.5) is 0 Å². The van der Waals surface area contributed by atoms with Gasteiger partial charge in [0.25, 0.3) is 5.91 Å². The molecule has 2 aliphatic rings. The number of carboxylic acids is 1. The van der Waals surface area contributed by atoms with E-state index in [1.165, 1.54) is 32.8 Å². The number of rotatable bonds is 2. The Bertz CT molecular complexity index is 676. The van der Waals surface area contributed by atoms with Gasteiger partial charge in [0, 0.05) is 20.2 Å². The van der Waals surface area contributed by atoms with E-state index in [1.807, 2.05) is 0 Å². The zero-order valence-corrected chi connectivity index (χ0v) is 12.8. The van der Waals surface area contributed by atoms with E-state index in [4.69, 9.17) is 0 Å². The van der Waals surface area contributed by atoms with Gasteiger partial charge in [0.05, 0.1) is 5.57 Å². The van der Waals surface area contributed by atoms with E-state index in [0.29, 0.717) is 0 Å². The molecular weight excluding hydrogens is 300 g/mol. The van der Waals surface area contributed by atoms with Crippen LogP contribution in [0.5, 0.6) is 0 Å². The number of fused-ring (bicyclic) bond motifs is 1. The number of sulfone groups is 1. The molecule has 0 unspecified atom stereocenters. The Hall–Kier alpha value is -1.90. The number of amides is 2. The van der Waals surface area contributed by atoms with Crippen molar-refractivity contribution in [2.75, 3.05) is 14.1 Å². The fourth-order valence-corrected chi connectivity index (χ4v) is 4.72. The van der Waals surface area contributed by atoms with E-state index in [9.17, 15) is 27.9 Å². The Morgan fingerprint density at radius 2 is 1.86 bits per heavy atom. The van der Waals surface area contributed by atoms with Crippen molar-refractivity contribution in [2.45, 2.75) is 30.0 Å². The van der Waals surface area contributed by atoms with Crippen LogP contribution < -0.4 is 0 Å². The molecule has 0 aromatic carbocycles.